The molecule has 0 saturated carbocycles. The highest BCUT2D eigenvalue weighted by atomic mass is 127. The van der Waals surface area contributed by atoms with Gasteiger partial charge in [-0.25, -0.2) is 4.79 Å². The lowest BCUT2D eigenvalue weighted by atomic mass is 10.2. The lowest BCUT2D eigenvalue weighted by Gasteiger charge is -2.12. The summed E-state index contributed by atoms with van der Waals surface area (Å²) in [5, 5.41) is 15.9. The molecule has 8 nitrogen and oxygen atoms in total. The predicted molar refractivity (Wildman–Crippen MR) is 85.2 cm³/mol. The summed E-state index contributed by atoms with van der Waals surface area (Å²) in [5.74, 6) is -0.415. The summed E-state index contributed by atoms with van der Waals surface area (Å²) >= 11 is 1.94. The number of non-ortho nitro benzene ring substituents is 1. The Morgan fingerprint density at radius 3 is 2.48 bits per heavy atom. The quantitative estimate of drug-likeness (QED) is 0.332. The summed E-state index contributed by atoms with van der Waals surface area (Å²) in [6.07, 6.45) is 0. The maximum Gasteiger partial charge on any atom is 0.316 e. The Hall–Kier alpha value is -1.91. The molecule has 0 aromatic heterocycles. The number of nitrogens with one attached hydrogen (secondary N) is 2. The van der Waals surface area contributed by atoms with Crippen LogP contribution in [0.1, 0.15) is 10.4 Å². The molecule has 0 spiro atoms. The molecule has 0 unspecified atom stereocenters. The van der Waals surface area contributed by atoms with Crippen LogP contribution in [0.5, 0.6) is 0 Å². The standard InChI is InChI=1S/C12H15IN4O4/c1-16(2)12(19)15-6-5-14-11(18)9-7-8(17(20)21)3-4-10(9)13/h3-4,7H,5-6H2,1-2H3,(H,14,18)(H,15,19). The fourth-order valence-electron chi connectivity index (χ4n) is 1.40. The minimum absolute atomic E-state index is 0.138. The van der Waals surface area contributed by atoms with Gasteiger partial charge in [-0.15, -0.1) is 0 Å². The molecule has 0 aliphatic heterocycles. The van der Waals surface area contributed by atoms with Crippen LogP contribution in [0.2, 0.25) is 0 Å². The zero-order chi connectivity index (χ0) is 16.0. The van der Waals surface area contributed by atoms with Crippen molar-refractivity contribution in [2.75, 3.05) is 27.2 Å². The molecule has 114 valence electrons. The van der Waals surface area contributed by atoms with Gasteiger partial charge >= 0.3 is 6.03 Å². The molecule has 0 atom stereocenters. The van der Waals surface area contributed by atoms with Crippen LogP contribution in [0, 0.1) is 13.7 Å². The number of urea groups is 1. The predicted octanol–water partition coefficient (Wildman–Crippen LogP) is 1.20. The van der Waals surface area contributed by atoms with Crippen LogP contribution < -0.4 is 10.6 Å². The fraction of sp³-hybridized carbons (Fsp3) is 0.333. The minimum atomic E-state index is -0.551. The summed E-state index contributed by atoms with van der Waals surface area (Å²) < 4.78 is 0.619. The molecule has 0 saturated heterocycles. The zero-order valence-electron chi connectivity index (χ0n) is 11.6. The average Bonchev–Trinajstić information content (AvgIpc) is 2.43. The molecule has 0 radical (unpaired) electrons. The van der Waals surface area contributed by atoms with Crippen molar-refractivity contribution in [1.82, 2.24) is 15.5 Å². The number of amides is 3. The molecule has 1 rings (SSSR count). The van der Waals surface area contributed by atoms with Gasteiger partial charge in [-0.05, 0) is 28.7 Å². The van der Waals surface area contributed by atoms with Gasteiger partial charge in [0.25, 0.3) is 11.6 Å². The van der Waals surface area contributed by atoms with E-state index in [2.05, 4.69) is 10.6 Å². The van der Waals surface area contributed by atoms with Gasteiger partial charge in [-0.1, -0.05) is 0 Å². The Morgan fingerprint density at radius 1 is 1.29 bits per heavy atom. The van der Waals surface area contributed by atoms with Crippen molar-refractivity contribution in [3.63, 3.8) is 0 Å². The van der Waals surface area contributed by atoms with Crippen molar-refractivity contribution < 1.29 is 14.5 Å². The van der Waals surface area contributed by atoms with Crippen LogP contribution in [-0.4, -0.2) is 48.9 Å². The van der Waals surface area contributed by atoms with E-state index < -0.39 is 10.8 Å². The number of hydrogen-bond acceptors (Lipinski definition) is 4. The van der Waals surface area contributed by atoms with E-state index in [9.17, 15) is 19.7 Å². The number of nitro benzene ring substituents is 1. The van der Waals surface area contributed by atoms with Crippen LogP contribution in [0.25, 0.3) is 0 Å². The van der Waals surface area contributed by atoms with Gasteiger partial charge < -0.3 is 15.5 Å². The molecular formula is C12H15IN4O4. The molecule has 0 bridgehead atoms. The van der Waals surface area contributed by atoms with E-state index in [0.29, 0.717) is 3.57 Å². The maximum atomic E-state index is 12.0. The largest absolute Gasteiger partial charge is 0.350 e. The Balaban J connectivity index is 2.58. The third kappa shape index (κ3) is 5.17. The third-order valence-electron chi connectivity index (χ3n) is 2.50. The highest BCUT2D eigenvalue weighted by Gasteiger charge is 2.15. The second-order valence-corrected chi connectivity index (χ2v) is 5.47. The minimum Gasteiger partial charge on any atom is -0.350 e. The third-order valence-corrected chi connectivity index (χ3v) is 3.44. The lowest BCUT2D eigenvalue weighted by molar-refractivity contribution is -0.384. The number of halogens is 1. The fourth-order valence-corrected chi connectivity index (χ4v) is 1.98. The Bertz CT molecular complexity index is 562. The topological polar surface area (TPSA) is 105 Å². The summed E-state index contributed by atoms with van der Waals surface area (Å²) in [5.41, 5.74) is 0.102. The van der Waals surface area contributed by atoms with E-state index in [1.165, 1.54) is 23.1 Å². The van der Waals surface area contributed by atoms with E-state index in [-0.39, 0.29) is 30.4 Å². The van der Waals surface area contributed by atoms with E-state index >= 15 is 0 Å². The molecule has 0 heterocycles. The van der Waals surface area contributed by atoms with Crippen LogP contribution in [-0.2, 0) is 0 Å². The van der Waals surface area contributed by atoms with Crippen molar-refractivity contribution in [3.8, 4) is 0 Å². The van der Waals surface area contributed by atoms with Crippen molar-refractivity contribution in [1.29, 1.82) is 0 Å². The molecule has 0 aliphatic rings. The normalized spacial score (nSPS) is 9.86. The van der Waals surface area contributed by atoms with Crippen molar-refractivity contribution in [3.05, 3.63) is 37.4 Å². The molecule has 2 N–H and O–H groups in total. The zero-order valence-corrected chi connectivity index (χ0v) is 13.7. The Morgan fingerprint density at radius 2 is 1.90 bits per heavy atom. The highest BCUT2D eigenvalue weighted by molar-refractivity contribution is 14.1. The molecule has 3 amide bonds. The summed E-state index contributed by atoms with van der Waals surface area (Å²) in [4.78, 5) is 34.7. The molecule has 9 heteroatoms. The lowest BCUT2D eigenvalue weighted by Crippen LogP contribution is -2.39. The number of nitro groups is 1. The van der Waals surface area contributed by atoms with Gasteiger partial charge in [-0.3, -0.25) is 14.9 Å². The first kappa shape index (κ1) is 17.1. The smallest absolute Gasteiger partial charge is 0.316 e. The molecule has 21 heavy (non-hydrogen) atoms. The number of nitrogens with zero attached hydrogens (tertiary/aromatic N) is 2. The van der Waals surface area contributed by atoms with Crippen LogP contribution in [0.4, 0.5) is 10.5 Å². The van der Waals surface area contributed by atoms with Gasteiger partial charge in [0.05, 0.1) is 10.5 Å². The summed E-state index contributed by atoms with van der Waals surface area (Å²) in [6, 6.07) is 3.83. The van der Waals surface area contributed by atoms with E-state index in [1.54, 1.807) is 14.1 Å². The second kappa shape index (κ2) is 7.76. The summed E-state index contributed by atoms with van der Waals surface area (Å²) in [7, 11) is 3.22. The maximum absolute atomic E-state index is 12.0. The molecule has 0 aliphatic carbocycles. The number of benzene rings is 1. The first-order chi connectivity index (χ1) is 9.82. The van der Waals surface area contributed by atoms with E-state index in [4.69, 9.17) is 0 Å². The van der Waals surface area contributed by atoms with Crippen molar-refractivity contribution in [2.24, 2.45) is 0 Å². The Labute approximate surface area is 135 Å². The molecule has 1 aromatic rings. The Kier molecular flexibility index (Phi) is 6.34. The van der Waals surface area contributed by atoms with Crippen LogP contribution in [0.3, 0.4) is 0 Å². The average molecular weight is 406 g/mol. The van der Waals surface area contributed by atoms with E-state index in [1.807, 2.05) is 22.6 Å². The highest BCUT2D eigenvalue weighted by Crippen LogP contribution is 2.19. The van der Waals surface area contributed by atoms with Gasteiger partial charge in [-0.2, -0.15) is 0 Å². The van der Waals surface area contributed by atoms with Crippen molar-refractivity contribution in [2.45, 2.75) is 0 Å². The van der Waals surface area contributed by atoms with Crippen LogP contribution in [0.15, 0.2) is 18.2 Å². The molecular weight excluding hydrogens is 391 g/mol. The monoisotopic (exact) mass is 406 g/mol. The number of carbonyl (C=O) groups is 2. The number of hydrogen-bond donors (Lipinski definition) is 2. The van der Waals surface area contributed by atoms with Gasteiger partial charge in [0.15, 0.2) is 0 Å². The molecule has 1 aromatic carbocycles. The van der Waals surface area contributed by atoms with Gasteiger partial charge in [0.1, 0.15) is 0 Å². The first-order valence-corrected chi connectivity index (χ1v) is 7.08. The first-order valence-electron chi connectivity index (χ1n) is 6.00. The molecule has 0 fully saturated rings. The van der Waals surface area contributed by atoms with Gasteiger partial charge in [0.2, 0.25) is 0 Å². The number of carbonyl (C=O) groups excluding carboxylic acids is 2. The summed E-state index contributed by atoms with van der Waals surface area (Å²) in [6.45, 7) is 0.505. The van der Waals surface area contributed by atoms with Crippen LogP contribution >= 0.6 is 22.6 Å². The van der Waals surface area contributed by atoms with Gasteiger partial charge in [0, 0.05) is 42.9 Å². The van der Waals surface area contributed by atoms with E-state index in [0.717, 1.165) is 0 Å². The SMILES string of the molecule is CN(C)C(=O)NCCNC(=O)c1cc([N+](=O)[O-])ccc1I. The number of rotatable bonds is 5. The second-order valence-electron chi connectivity index (χ2n) is 4.30. The van der Waals surface area contributed by atoms with Crippen molar-refractivity contribution >= 4 is 40.2 Å².